The van der Waals surface area contributed by atoms with E-state index in [1.807, 2.05) is 0 Å². The predicted octanol–water partition coefficient (Wildman–Crippen LogP) is 21.0. The number of rotatable bonds is 4. The first kappa shape index (κ1) is 54.2. The van der Waals surface area contributed by atoms with Crippen LogP contribution in [0.3, 0.4) is 0 Å². The summed E-state index contributed by atoms with van der Waals surface area (Å²) in [5.41, 5.74) is 28.1. The van der Waals surface area contributed by atoms with Crippen molar-refractivity contribution in [3.63, 3.8) is 0 Å². The lowest BCUT2D eigenvalue weighted by atomic mass is 9.32. The number of hydrogen-bond acceptors (Lipinski definition) is 5. The Balaban J connectivity index is 1.03. The Hall–Kier alpha value is -7.96. The van der Waals surface area contributed by atoms with Crippen molar-refractivity contribution in [2.24, 2.45) is 0 Å². The highest BCUT2D eigenvalue weighted by atomic mass is 16.3. The summed E-state index contributed by atoms with van der Waals surface area (Å²) in [6.07, 6.45) is 9.09. The van der Waals surface area contributed by atoms with Crippen molar-refractivity contribution in [1.29, 1.82) is 0 Å². The normalized spacial score (nSPS) is 21.7. The van der Waals surface area contributed by atoms with Gasteiger partial charge in [-0.15, -0.1) is 0 Å². The third-order valence-electron chi connectivity index (χ3n) is 23.7. The summed E-state index contributed by atoms with van der Waals surface area (Å²) in [7, 11) is 0. The number of furan rings is 2. The molecule has 0 saturated heterocycles. The second-order valence-electron chi connectivity index (χ2n) is 31.7. The zero-order valence-corrected chi connectivity index (χ0v) is 54.0. The summed E-state index contributed by atoms with van der Waals surface area (Å²) in [6.45, 7) is 32.0. The molecule has 0 radical (unpaired) electrons. The minimum Gasteiger partial charge on any atom is -0.456 e. The van der Waals surface area contributed by atoms with Crippen LogP contribution in [0.15, 0.2) is 173 Å². The zero-order valence-electron chi connectivity index (χ0n) is 54.0. The second kappa shape index (κ2) is 17.9. The van der Waals surface area contributed by atoms with E-state index < -0.39 is 0 Å². The minimum absolute atomic E-state index is 0.0260. The van der Waals surface area contributed by atoms with Crippen LogP contribution in [-0.2, 0) is 32.5 Å². The minimum atomic E-state index is -0.250. The van der Waals surface area contributed by atoms with Gasteiger partial charge in [0.25, 0.3) is 6.71 Å². The van der Waals surface area contributed by atoms with E-state index in [1.54, 1.807) is 0 Å². The molecule has 0 bridgehead atoms. The predicted molar refractivity (Wildman–Crippen MR) is 373 cm³/mol. The van der Waals surface area contributed by atoms with Crippen LogP contribution in [0, 0.1) is 0 Å². The first-order valence-corrected chi connectivity index (χ1v) is 33.0. The fourth-order valence-electron chi connectivity index (χ4n) is 18.1. The van der Waals surface area contributed by atoms with E-state index in [1.165, 1.54) is 108 Å². The molecule has 440 valence electrons. The molecule has 0 spiro atoms. The molecule has 0 N–H and O–H groups in total. The molecule has 11 aromatic rings. The molecule has 5 nitrogen and oxygen atoms in total. The average Bonchev–Trinajstić information content (AvgIpc) is 1.13. The number of fused-ring (bicyclic) bond motifs is 15. The Morgan fingerprint density at radius 1 is 0.398 bits per heavy atom. The van der Waals surface area contributed by atoms with E-state index in [9.17, 15) is 0 Å². The van der Waals surface area contributed by atoms with Crippen LogP contribution >= 0.6 is 0 Å². The van der Waals surface area contributed by atoms with Gasteiger partial charge in [0.05, 0.1) is 22.3 Å². The number of para-hydroxylation sites is 3. The molecule has 6 heteroatoms. The van der Waals surface area contributed by atoms with Crippen LogP contribution in [0.25, 0.3) is 55.0 Å². The molecule has 88 heavy (non-hydrogen) atoms. The number of nitrogens with zero attached hydrogens (tertiary/aromatic N) is 3. The highest BCUT2D eigenvalue weighted by molar-refractivity contribution is 7.00. The van der Waals surface area contributed by atoms with Gasteiger partial charge >= 0.3 is 0 Å². The van der Waals surface area contributed by atoms with Gasteiger partial charge in [0.2, 0.25) is 0 Å². The van der Waals surface area contributed by atoms with Gasteiger partial charge < -0.3 is 23.5 Å². The Kier molecular flexibility index (Phi) is 11.0. The Morgan fingerprint density at radius 2 is 0.909 bits per heavy atom. The third-order valence-corrected chi connectivity index (χ3v) is 23.7. The molecule has 17 rings (SSSR count). The van der Waals surface area contributed by atoms with Crippen molar-refractivity contribution in [3.8, 4) is 11.1 Å². The monoisotopic (exact) mass is 1150 g/mol. The molecule has 2 unspecified atom stereocenters. The molecule has 3 aliphatic carbocycles. The molecule has 1 saturated carbocycles. The van der Waals surface area contributed by atoms with E-state index >= 15 is 0 Å². The number of anilines is 8. The topological polar surface area (TPSA) is 36.0 Å². The van der Waals surface area contributed by atoms with E-state index in [0.29, 0.717) is 0 Å². The molecule has 6 aliphatic rings. The molecular formula is C82H82BN3O2. The van der Waals surface area contributed by atoms with Crippen LogP contribution < -0.4 is 31.1 Å². The highest BCUT2D eigenvalue weighted by Gasteiger charge is 2.59. The first-order valence-electron chi connectivity index (χ1n) is 33.0. The fraction of sp³-hybridized carbons (Fsp3) is 0.341. The summed E-state index contributed by atoms with van der Waals surface area (Å²) >= 11 is 0. The van der Waals surface area contributed by atoms with Crippen molar-refractivity contribution in [2.75, 3.05) is 14.7 Å². The molecule has 0 amide bonds. The summed E-state index contributed by atoms with van der Waals surface area (Å²) in [5, 5.41) is 4.53. The Labute approximate surface area is 520 Å². The highest BCUT2D eigenvalue weighted by Crippen LogP contribution is 2.63. The van der Waals surface area contributed by atoms with Gasteiger partial charge in [-0.3, -0.25) is 0 Å². The van der Waals surface area contributed by atoms with Gasteiger partial charge in [-0.05, 0) is 200 Å². The molecule has 2 aromatic heterocycles. The molecule has 2 atom stereocenters. The molecule has 9 aromatic carbocycles. The Bertz CT molecular complexity index is 4810. The van der Waals surface area contributed by atoms with Crippen molar-refractivity contribution >= 4 is 112 Å². The van der Waals surface area contributed by atoms with Crippen molar-refractivity contribution < 1.29 is 8.83 Å². The maximum Gasteiger partial charge on any atom is 0.252 e. The maximum absolute atomic E-state index is 7.26. The van der Waals surface area contributed by atoms with Crippen molar-refractivity contribution in [2.45, 2.75) is 179 Å². The van der Waals surface area contributed by atoms with E-state index in [0.717, 1.165) is 93.8 Å². The maximum atomic E-state index is 7.26. The van der Waals surface area contributed by atoms with Gasteiger partial charge in [-0.1, -0.05) is 193 Å². The van der Waals surface area contributed by atoms with Crippen LogP contribution in [0.5, 0.6) is 0 Å². The van der Waals surface area contributed by atoms with Crippen LogP contribution in [-0.4, -0.2) is 12.3 Å². The first-order chi connectivity index (χ1) is 42.0. The van der Waals surface area contributed by atoms with Crippen molar-refractivity contribution in [1.82, 2.24) is 0 Å². The molecule has 1 fully saturated rings. The van der Waals surface area contributed by atoms with Gasteiger partial charge in [-0.25, -0.2) is 0 Å². The smallest absolute Gasteiger partial charge is 0.252 e. The summed E-state index contributed by atoms with van der Waals surface area (Å²) in [4.78, 5) is 8.24. The number of benzene rings is 9. The van der Waals surface area contributed by atoms with E-state index in [2.05, 4.69) is 269 Å². The lowest BCUT2D eigenvalue weighted by Gasteiger charge is -2.51. The average molecular weight is 1150 g/mol. The fourth-order valence-corrected chi connectivity index (χ4v) is 18.1. The van der Waals surface area contributed by atoms with Crippen LogP contribution in [0.2, 0.25) is 0 Å². The lowest BCUT2D eigenvalue weighted by molar-refractivity contribution is 0.195. The zero-order chi connectivity index (χ0) is 60.6. The quantitative estimate of drug-likeness (QED) is 0.164. The third kappa shape index (κ3) is 7.35. The van der Waals surface area contributed by atoms with Crippen LogP contribution in [0.4, 0.5) is 45.5 Å². The van der Waals surface area contributed by atoms with E-state index in [-0.39, 0.29) is 44.7 Å². The van der Waals surface area contributed by atoms with Gasteiger partial charge in [0.15, 0.2) is 5.58 Å². The Morgan fingerprint density at radius 3 is 1.53 bits per heavy atom. The molecular weight excluding hydrogens is 1070 g/mol. The SMILES string of the molecule is CC(C)(C)c1ccc(-c2ccc3c(c2)C2(C)CCCCC2(C)N3c2cc3c4c(c2)N(c2cccc5oc6ccccc6c25)c2cc5c(cc2B4c2cc4c(cc2N3c2cccc3c2oc2ccccc23)C(C)(C)CCC4(C)C)C(C)(C)CCC5(C)C)cc1. The lowest BCUT2D eigenvalue weighted by Crippen LogP contribution is -2.62. The number of hydrogen-bond donors (Lipinski definition) is 0. The van der Waals surface area contributed by atoms with E-state index in [4.69, 9.17) is 8.83 Å². The molecule has 3 aliphatic heterocycles. The second-order valence-corrected chi connectivity index (χ2v) is 31.7. The van der Waals surface area contributed by atoms with Gasteiger partial charge in [0, 0.05) is 55.7 Å². The van der Waals surface area contributed by atoms with Gasteiger partial charge in [0.1, 0.15) is 16.7 Å². The molecule has 5 heterocycles. The van der Waals surface area contributed by atoms with Gasteiger partial charge in [-0.2, -0.15) is 0 Å². The summed E-state index contributed by atoms with van der Waals surface area (Å²) in [5.74, 6) is 0. The van der Waals surface area contributed by atoms with Crippen LogP contribution in [0.1, 0.15) is 175 Å². The summed E-state index contributed by atoms with van der Waals surface area (Å²) in [6, 6.07) is 63.9. The summed E-state index contributed by atoms with van der Waals surface area (Å²) < 4.78 is 14.2. The standard InChI is InChI=1S/C82H82BN3O2/c1-76(2,3)51-33-30-49(31-34-51)50-32-35-63-60(42-50)81(12)36-18-19-37-82(81,13)86(63)52-43-68-74-69(44-52)85(65-26-20-24-54-53-22-14-16-27-70(53)88-75(54)65)67-48-59-57(78(6,7)39-41-80(59,10)11)46-62(67)83(74)61-45-56-58(79(8,9)40-38-77(56,4)5)47-66(61)84(68)64-25-21-29-72-73(64)55-23-15-17-28-71(55)87-72/h14-17,20-35,42-48H,18-19,36-41H2,1-13H3. The van der Waals surface area contributed by atoms with Crippen molar-refractivity contribution in [3.05, 3.63) is 197 Å². The largest absolute Gasteiger partial charge is 0.456 e.